The molecule has 0 saturated carbocycles. The summed E-state index contributed by atoms with van der Waals surface area (Å²) in [5.41, 5.74) is 2.83. The number of hydrogen-bond donors (Lipinski definition) is 0. The predicted molar refractivity (Wildman–Crippen MR) is 101 cm³/mol. The highest BCUT2D eigenvalue weighted by molar-refractivity contribution is 5.76. The molecule has 28 heavy (non-hydrogen) atoms. The van der Waals surface area contributed by atoms with E-state index in [1.807, 2.05) is 24.8 Å². The van der Waals surface area contributed by atoms with Crippen molar-refractivity contribution in [1.29, 1.82) is 0 Å². The topological polar surface area (TPSA) is 64.2 Å². The van der Waals surface area contributed by atoms with Gasteiger partial charge >= 0.3 is 0 Å². The molecule has 7 heteroatoms. The molecule has 2 aromatic heterocycles. The molecule has 1 saturated heterocycles. The first-order valence-electron chi connectivity index (χ1n) is 9.49. The van der Waals surface area contributed by atoms with Crippen molar-refractivity contribution in [2.75, 3.05) is 6.54 Å². The van der Waals surface area contributed by atoms with Gasteiger partial charge in [0.2, 0.25) is 11.8 Å². The van der Waals surface area contributed by atoms with E-state index in [-0.39, 0.29) is 24.3 Å². The van der Waals surface area contributed by atoms with E-state index in [1.54, 1.807) is 23.0 Å². The molecule has 0 bridgehead atoms. The van der Waals surface area contributed by atoms with Gasteiger partial charge in [0.15, 0.2) is 0 Å². The lowest BCUT2D eigenvalue weighted by molar-refractivity contribution is -0.133. The Kier molecular flexibility index (Phi) is 4.98. The number of aryl methyl sites for hydroxylation is 2. The van der Waals surface area contributed by atoms with Crippen molar-refractivity contribution in [2.45, 2.75) is 45.7 Å². The van der Waals surface area contributed by atoms with Crippen molar-refractivity contribution in [1.82, 2.24) is 19.7 Å². The van der Waals surface area contributed by atoms with Gasteiger partial charge in [0, 0.05) is 18.7 Å². The molecule has 3 aromatic rings. The van der Waals surface area contributed by atoms with Crippen LogP contribution < -0.4 is 0 Å². The van der Waals surface area contributed by atoms with Gasteiger partial charge in [-0.05, 0) is 50.5 Å². The lowest BCUT2D eigenvalue weighted by Gasteiger charge is -2.22. The second kappa shape index (κ2) is 7.58. The van der Waals surface area contributed by atoms with Crippen LogP contribution in [0.3, 0.4) is 0 Å². The van der Waals surface area contributed by atoms with Crippen molar-refractivity contribution < 1.29 is 13.6 Å². The third kappa shape index (κ3) is 3.83. The summed E-state index contributed by atoms with van der Waals surface area (Å²) in [5.74, 6) is 1.03. The highest BCUT2D eigenvalue weighted by Crippen LogP contribution is 2.32. The van der Waals surface area contributed by atoms with Crippen LogP contribution in [0.1, 0.15) is 47.5 Å². The smallest absolute Gasteiger partial charge is 0.244 e. The monoisotopic (exact) mass is 382 g/mol. The molecule has 0 radical (unpaired) electrons. The SMILES string of the molecule is Cc1cc(C)n(CC(=O)N2CCC[C@H]2c2ncc(Cc3ccc(F)cc3)o2)n1. The van der Waals surface area contributed by atoms with E-state index in [0.717, 1.165) is 29.8 Å². The van der Waals surface area contributed by atoms with Crippen LogP contribution in [-0.2, 0) is 17.8 Å². The molecule has 1 fully saturated rings. The number of carbonyl (C=O) groups excluding carboxylic acids is 1. The van der Waals surface area contributed by atoms with Crippen LogP contribution in [0, 0.1) is 19.7 Å². The number of halogens is 1. The van der Waals surface area contributed by atoms with E-state index in [0.29, 0.717) is 24.6 Å². The fourth-order valence-electron chi connectivity index (χ4n) is 3.74. The van der Waals surface area contributed by atoms with Crippen LogP contribution in [0.25, 0.3) is 0 Å². The average molecular weight is 382 g/mol. The Bertz CT molecular complexity index is 977. The number of carbonyl (C=O) groups is 1. The normalized spacial score (nSPS) is 16.7. The zero-order valence-corrected chi connectivity index (χ0v) is 16.1. The van der Waals surface area contributed by atoms with Gasteiger partial charge in [-0.1, -0.05) is 12.1 Å². The van der Waals surface area contributed by atoms with Crippen molar-refractivity contribution in [3.63, 3.8) is 0 Å². The van der Waals surface area contributed by atoms with Crippen LogP contribution in [0.2, 0.25) is 0 Å². The summed E-state index contributed by atoms with van der Waals surface area (Å²) in [5, 5.41) is 4.38. The summed E-state index contributed by atoms with van der Waals surface area (Å²) in [4.78, 5) is 19.1. The van der Waals surface area contributed by atoms with Crippen LogP contribution in [0.5, 0.6) is 0 Å². The molecule has 146 valence electrons. The highest BCUT2D eigenvalue weighted by atomic mass is 19.1. The fourth-order valence-corrected chi connectivity index (χ4v) is 3.74. The molecule has 3 heterocycles. The predicted octanol–water partition coefficient (Wildman–Crippen LogP) is 3.58. The molecule has 0 spiro atoms. The number of oxazole rings is 1. The van der Waals surface area contributed by atoms with Gasteiger partial charge < -0.3 is 9.32 Å². The lowest BCUT2D eigenvalue weighted by atomic mass is 10.1. The second-order valence-electron chi connectivity index (χ2n) is 7.30. The van der Waals surface area contributed by atoms with Crippen molar-refractivity contribution in [3.8, 4) is 0 Å². The van der Waals surface area contributed by atoms with E-state index in [1.165, 1.54) is 12.1 Å². The summed E-state index contributed by atoms with van der Waals surface area (Å²) in [6.07, 6.45) is 3.99. The summed E-state index contributed by atoms with van der Waals surface area (Å²) in [6.45, 7) is 4.78. The van der Waals surface area contributed by atoms with Crippen LogP contribution in [0.15, 0.2) is 40.9 Å². The van der Waals surface area contributed by atoms with E-state index < -0.39 is 0 Å². The zero-order valence-electron chi connectivity index (χ0n) is 16.1. The fraction of sp³-hybridized carbons (Fsp3) is 0.381. The maximum atomic E-state index is 13.1. The first kappa shape index (κ1) is 18.4. The molecular formula is C21H23FN4O2. The third-order valence-electron chi connectivity index (χ3n) is 5.11. The van der Waals surface area contributed by atoms with Crippen molar-refractivity contribution in [2.24, 2.45) is 0 Å². The molecule has 4 rings (SSSR count). The largest absolute Gasteiger partial charge is 0.443 e. The second-order valence-corrected chi connectivity index (χ2v) is 7.30. The number of likely N-dealkylation sites (tertiary alicyclic amines) is 1. The molecule has 1 aromatic carbocycles. The Labute approximate surface area is 163 Å². The molecule has 0 N–H and O–H groups in total. The first-order valence-corrected chi connectivity index (χ1v) is 9.49. The third-order valence-corrected chi connectivity index (χ3v) is 5.11. The molecule has 6 nitrogen and oxygen atoms in total. The maximum absolute atomic E-state index is 13.1. The minimum absolute atomic E-state index is 0.0204. The number of benzene rings is 1. The minimum atomic E-state index is -0.260. The molecule has 1 aliphatic rings. The van der Waals surface area contributed by atoms with Gasteiger partial charge in [-0.25, -0.2) is 9.37 Å². The standard InChI is InChI=1S/C21H23FN4O2/c1-14-10-15(2)26(24-14)13-20(27)25-9-3-4-19(25)21-23-12-18(28-21)11-16-5-7-17(22)8-6-16/h5-8,10,12,19H,3-4,9,11,13H2,1-2H3/t19-/m0/s1. The Balaban J connectivity index is 1.46. The van der Waals surface area contributed by atoms with Gasteiger partial charge in [-0.15, -0.1) is 0 Å². The quantitative estimate of drug-likeness (QED) is 0.677. The summed E-state index contributed by atoms with van der Waals surface area (Å²) in [6, 6.07) is 8.15. The van der Waals surface area contributed by atoms with E-state index in [4.69, 9.17) is 4.42 Å². The summed E-state index contributed by atoms with van der Waals surface area (Å²) < 4.78 is 20.7. The first-order chi connectivity index (χ1) is 13.5. The van der Waals surface area contributed by atoms with E-state index >= 15 is 0 Å². The Morgan fingerprint density at radius 2 is 2.07 bits per heavy atom. The van der Waals surface area contributed by atoms with Gasteiger partial charge in [0.1, 0.15) is 24.2 Å². The zero-order chi connectivity index (χ0) is 19.7. The summed E-state index contributed by atoms with van der Waals surface area (Å²) >= 11 is 0. The number of amides is 1. The molecule has 1 amide bonds. The maximum Gasteiger partial charge on any atom is 0.244 e. The molecule has 1 aliphatic heterocycles. The van der Waals surface area contributed by atoms with E-state index in [2.05, 4.69) is 10.1 Å². The lowest BCUT2D eigenvalue weighted by Crippen LogP contribution is -2.34. The van der Waals surface area contributed by atoms with Crippen molar-refractivity contribution in [3.05, 3.63) is 70.9 Å². The summed E-state index contributed by atoms with van der Waals surface area (Å²) in [7, 11) is 0. The number of rotatable bonds is 5. The molecular weight excluding hydrogens is 359 g/mol. The Hall–Kier alpha value is -2.96. The number of aromatic nitrogens is 3. The average Bonchev–Trinajstić information content (AvgIpc) is 3.37. The minimum Gasteiger partial charge on any atom is -0.443 e. The Morgan fingerprint density at radius 3 is 2.79 bits per heavy atom. The van der Waals surface area contributed by atoms with Gasteiger partial charge in [-0.3, -0.25) is 9.48 Å². The van der Waals surface area contributed by atoms with E-state index in [9.17, 15) is 9.18 Å². The van der Waals surface area contributed by atoms with Crippen LogP contribution >= 0.6 is 0 Å². The van der Waals surface area contributed by atoms with Crippen molar-refractivity contribution >= 4 is 5.91 Å². The van der Waals surface area contributed by atoms with Gasteiger partial charge in [0.05, 0.1) is 11.9 Å². The molecule has 1 atom stereocenters. The van der Waals surface area contributed by atoms with Crippen LogP contribution in [0.4, 0.5) is 4.39 Å². The van der Waals surface area contributed by atoms with Gasteiger partial charge in [0.25, 0.3) is 0 Å². The van der Waals surface area contributed by atoms with Crippen LogP contribution in [-0.4, -0.2) is 32.1 Å². The highest BCUT2D eigenvalue weighted by Gasteiger charge is 2.33. The van der Waals surface area contributed by atoms with Gasteiger partial charge in [-0.2, -0.15) is 5.10 Å². The molecule has 0 unspecified atom stereocenters. The number of hydrogen-bond acceptors (Lipinski definition) is 4. The Morgan fingerprint density at radius 1 is 1.29 bits per heavy atom. The number of nitrogens with zero attached hydrogens (tertiary/aromatic N) is 4. The molecule has 0 aliphatic carbocycles.